The molecule has 8 heteroatoms. The molecule has 31 heavy (non-hydrogen) atoms. The number of hydrogen-bond acceptors (Lipinski definition) is 5. The number of benzene rings is 2. The molecular weight excluding hydrogens is 416 g/mol. The van der Waals surface area contributed by atoms with Gasteiger partial charge in [-0.25, -0.2) is 8.42 Å². The van der Waals surface area contributed by atoms with Crippen molar-refractivity contribution in [1.82, 2.24) is 8.87 Å². The van der Waals surface area contributed by atoms with E-state index in [4.69, 9.17) is 14.2 Å². The van der Waals surface area contributed by atoms with Crippen molar-refractivity contribution in [2.24, 2.45) is 0 Å². The largest absolute Gasteiger partial charge is 0.497 e. The van der Waals surface area contributed by atoms with Crippen molar-refractivity contribution in [1.29, 1.82) is 0 Å². The maximum absolute atomic E-state index is 13.8. The third kappa shape index (κ3) is 3.66. The highest BCUT2D eigenvalue weighted by Gasteiger charge is 2.39. The number of nitrogens with zero attached hydrogens (tertiary/aromatic N) is 2. The average molecular weight is 443 g/mol. The minimum Gasteiger partial charge on any atom is -0.497 e. The van der Waals surface area contributed by atoms with Gasteiger partial charge in [-0.1, -0.05) is 0 Å². The normalized spacial score (nSPS) is 16.6. The first kappa shape index (κ1) is 21.3. The van der Waals surface area contributed by atoms with Gasteiger partial charge in [0, 0.05) is 30.5 Å². The molecule has 0 saturated heterocycles. The molecule has 0 amide bonds. The standard InChI is InChI=1S/C23H26N2O5S/c1-16-14-18(8-10-21(16)29-3)31(26,27)25-13-12-24-11-5-6-20(24)23(25)19-15-17(28-2)7-9-22(19)30-4/h5-11,14-15,23H,12-13H2,1-4H3/t23-/m0/s1. The van der Waals surface area contributed by atoms with E-state index in [2.05, 4.69) is 4.57 Å². The fourth-order valence-corrected chi connectivity index (χ4v) is 5.79. The van der Waals surface area contributed by atoms with Crippen LogP contribution in [0.2, 0.25) is 0 Å². The SMILES string of the molecule is COc1ccc(OC)c([C@H]2c3cccn3CCN2S(=O)(=O)c2ccc(OC)c(C)c2)c1. The number of rotatable bonds is 6. The number of aryl methyl sites for hydroxylation is 1. The van der Waals surface area contributed by atoms with Gasteiger partial charge in [-0.2, -0.15) is 4.31 Å². The zero-order chi connectivity index (χ0) is 22.2. The van der Waals surface area contributed by atoms with Gasteiger partial charge in [0.25, 0.3) is 0 Å². The Bertz CT molecular complexity index is 1200. The molecule has 7 nitrogen and oxygen atoms in total. The van der Waals surface area contributed by atoms with E-state index >= 15 is 0 Å². The first-order chi connectivity index (χ1) is 14.9. The monoisotopic (exact) mass is 442 g/mol. The topological polar surface area (TPSA) is 70.0 Å². The molecule has 4 rings (SSSR count). The summed E-state index contributed by atoms with van der Waals surface area (Å²) in [5, 5.41) is 0. The van der Waals surface area contributed by atoms with Crippen LogP contribution in [0.1, 0.15) is 22.9 Å². The van der Waals surface area contributed by atoms with Gasteiger partial charge in [0.05, 0.1) is 32.3 Å². The predicted molar refractivity (Wildman–Crippen MR) is 117 cm³/mol. The Morgan fingerprint density at radius 1 is 0.903 bits per heavy atom. The molecule has 3 aromatic rings. The van der Waals surface area contributed by atoms with Gasteiger partial charge in [-0.05, 0) is 61.0 Å². The Hall–Kier alpha value is -2.97. The molecule has 0 unspecified atom stereocenters. The molecule has 164 valence electrons. The smallest absolute Gasteiger partial charge is 0.244 e. The van der Waals surface area contributed by atoms with Crippen LogP contribution in [-0.2, 0) is 16.6 Å². The maximum atomic E-state index is 13.8. The Labute approximate surface area is 182 Å². The van der Waals surface area contributed by atoms with Crippen molar-refractivity contribution < 1.29 is 22.6 Å². The molecule has 2 aromatic carbocycles. The first-order valence-electron chi connectivity index (χ1n) is 9.94. The molecule has 1 aliphatic heterocycles. The van der Waals surface area contributed by atoms with Crippen molar-refractivity contribution in [3.05, 3.63) is 71.5 Å². The minimum atomic E-state index is -3.80. The molecule has 1 atom stereocenters. The summed E-state index contributed by atoms with van der Waals surface area (Å²) in [5.74, 6) is 1.89. The molecule has 0 fully saturated rings. The van der Waals surface area contributed by atoms with Crippen LogP contribution in [0.3, 0.4) is 0 Å². The van der Waals surface area contributed by atoms with E-state index in [-0.39, 0.29) is 4.90 Å². The van der Waals surface area contributed by atoms with Crippen molar-refractivity contribution >= 4 is 10.0 Å². The van der Waals surface area contributed by atoms with E-state index < -0.39 is 16.1 Å². The van der Waals surface area contributed by atoms with Crippen LogP contribution in [0, 0.1) is 6.92 Å². The van der Waals surface area contributed by atoms with Gasteiger partial charge in [-0.3, -0.25) is 0 Å². The van der Waals surface area contributed by atoms with E-state index in [0.29, 0.717) is 30.3 Å². The highest BCUT2D eigenvalue weighted by Crippen LogP contribution is 2.41. The summed E-state index contributed by atoms with van der Waals surface area (Å²) in [6.07, 6.45) is 1.97. The van der Waals surface area contributed by atoms with Crippen molar-refractivity contribution in [2.75, 3.05) is 27.9 Å². The number of sulfonamides is 1. The van der Waals surface area contributed by atoms with E-state index in [1.54, 1.807) is 56.0 Å². The average Bonchev–Trinajstić information content (AvgIpc) is 3.26. The fraction of sp³-hybridized carbons (Fsp3) is 0.304. The predicted octanol–water partition coefficient (Wildman–Crippen LogP) is 3.62. The summed E-state index contributed by atoms with van der Waals surface area (Å²) < 4.78 is 47.6. The van der Waals surface area contributed by atoms with Crippen LogP contribution >= 0.6 is 0 Å². The van der Waals surface area contributed by atoms with Crippen LogP contribution < -0.4 is 14.2 Å². The van der Waals surface area contributed by atoms with Crippen LogP contribution in [0.5, 0.6) is 17.2 Å². The van der Waals surface area contributed by atoms with Gasteiger partial charge in [0.2, 0.25) is 10.0 Å². The van der Waals surface area contributed by atoms with E-state index in [9.17, 15) is 8.42 Å². The van der Waals surface area contributed by atoms with Gasteiger partial charge < -0.3 is 18.8 Å². The van der Waals surface area contributed by atoms with Gasteiger partial charge in [-0.15, -0.1) is 0 Å². The lowest BCUT2D eigenvalue weighted by Gasteiger charge is -2.37. The maximum Gasteiger partial charge on any atom is 0.244 e. The summed E-state index contributed by atoms with van der Waals surface area (Å²) in [7, 11) is 0.935. The molecule has 0 saturated carbocycles. The van der Waals surface area contributed by atoms with Gasteiger partial charge in [0.1, 0.15) is 17.2 Å². The molecule has 0 aliphatic carbocycles. The van der Waals surface area contributed by atoms with Crippen LogP contribution in [0.15, 0.2) is 59.6 Å². The van der Waals surface area contributed by atoms with E-state index in [0.717, 1.165) is 16.8 Å². The van der Waals surface area contributed by atoms with E-state index in [1.807, 2.05) is 31.3 Å². The lowest BCUT2D eigenvalue weighted by atomic mass is 10.0. The highest BCUT2D eigenvalue weighted by molar-refractivity contribution is 7.89. The molecule has 0 N–H and O–H groups in total. The Balaban J connectivity index is 1.88. The molecular formula is C23H26N2O5S. The Morgan fingerprint density at radius 2 is 1.65 bits per heavy atom. The number of hydrogen-bond donors (Lipinski definition) is 0. The minimum absolute atomic E-state index is 0.234. The summed E-state index contributed by atoms with van der Waals surface area (Å²) >= 11 is 0. The third-order valence-electron chi connectivity index (χ3n) is 5.70. The molecule has 1 aliphatic rings. The number of fused-ring (bicyclic) bond motifs is 1. The van der Waals surface area contributed by atoms with Gasteiger partial charge in [0.15, 0.2) is 0 Å². The first-order valence-corrected chi connectivity index (χ1v) is 11.4. The number of methoxy groups -OCH3 is 3. The number of aromatic nitrogens is 1. The summed E-state index contributed by atoms with van der Waals surface area (Å²) in [5.41, 5.74) is 2.38. The zero-order valence-electron chi connectivity index (χ0n) is 18.0. The fourth-order valence-electron chi connectivity index (χ4n) is 4.14. The lowest BCUT2D eigenvalue weighted by Crippen LogP contribution is -2.42. The van der Waals surface area contributed by atoms with Crippen molar-refractivity contribution in [3.8, 4) is 17.2 Å². The highest BCUT2D eigenvalue weighted by atomic mass is 32.2. The molecule has 0 radical (unpaired) electrons. The number of ether oxygens (including phenoxy) is 3. The second kappa shape index (κ2) is 8.28. The third-order valence-corrected chi connectivity index (χ3v) is 7.56. The second-order valence-corrected chi connectivity index (χ2v) is 9.27. The zero-order valence-corrected chi connectivity index (χ0v) is 18.8. The van der Waals surface area contributed by atoms with Gasteiger partial charge >= 0.3 is 0 Å². The van der Waals surface area contributed by atoms with Crippen molar-refractivity contribution in [3.63, 3.8) is 0 Å². The van der Waals surface area contributed by atoms with Crippen LogP contribution in [0.25, 0.3) is 0 Å². The molecule has 0 bridgehead atoms. The quantitative estimate of drug-likeness (QED) is 0.583. The Kier molecular flexibility index (Phi) is 5.68. The molecule has 0 spiro atoms. The molecule has 2 heterocycles. The van der Waals surface area contributed by atoms with Crippen LogP contribution in [0.4, 0.5) is 0 Å². The van der Waals surface area contributed by atoms with Crippen molar-refractivity contribution in [2.45, 2.75) is 24.4 Å². The lowest BCUT2D eigenvalue weighted by molar-refractivity contribution is 0.289. The van der Waals surface area contributed by atoms with Crippen LogP contribution in [-0.4, -0.2) is 45.2 Å². The molecule has 1 aromatic heterocycles. The Morgan fingerprint density at radius 3 is 2.32 bits per heavy atom. The summed E-state index contributed by atoms with van der Waals surface area (Å²) in [6.45, 7) is 2.74. The second-order valence-electron chi connectivity index (χ2n) is 7.38. The summed E-state index contributed by atoms with van der Waals surface area (Å²) in [4.78, 5) is 0.234. The summed E-state index contributed by atoms with van der Waals surface area (Å²) in [6, 6.07) is 13.7. The van der Waals surface area contributed by atoms with E-state index in [1.165, 1.54) is 0 Å².